The van der Waals surface area contributed by atoms with E-state index in [4.69, 9.17) is 5.73 Å². The van der Waals surface area contributed by atoms with Crippen LogP contribution in [-0.4, -0.2) is 0 Å². The minimum Gasteiger partial charge on any atom is -0.399 e. The summed E-state index contributed by atoms with van der Waals surface area (Å²) in [5.74, 6) is 0. The molecule has 0 aromatic heterocycles. The summed E-state index contributed by atoms with van der Waals surface area (Å²) >= 11 is 0. The molecule has 3 N–H and O–H groups in total. The number of aryl methyl sites for hydroxylation is 2. The Bertz CT molecular complexity index is 504. The summed E-state index contributed by atoms with van der Waals surface area (Å²) in [5.41, 5.74) is 11.1. The number of rotatable bonds is 2. The van der Waals surface area contributed by atoms with Gasteiger partial charge in [0.25, 0.3) is 0 Å². The number of hydrogen-bond acceptors (Lipinski definition) is 2. The largest absolute Gasteiger partial charge is 0.399 e. The van der Waals surface area contributed by atoms with Crippen molar-refractivity contribution in [3.63, 3.8) is 0 Å². The van der Waals surface area contributed by atoms with E-state index < -0.39 is 0 Å². The normalized spacial score (nSPS) is 10.1. The highest BCUT2D eigenvalue weighted by Crippen LogP contribution is 2.22. The Kier molecular flexibility index (Phi) is 2.82. The van der Waals surface area contributed by atoms with Gasteiger partial charge in [0.15, 0.2) is 0 Å². The Balaban J connectivity index is 2.30. The van der Waals surface area contributed by atoms with Crippen molar-refractivity contribution in [3.05, 3.63) is 53.6 Å². The van der Waals surface area contributed by atoms with Crippen LogP contribution in [0.5, 0.6) is 0 Å². The van der Waals surface area contributed by atoms with Crippen molar-refractivity contribution in [1.29, 1.82) is 0 Å². The second-order valence-electron chi connectivity index (χ2n) is 4.07. The van der Waals surface area contributed by atoms with Crippen LogP contribution in [0.15, 0.2) is 42.5 Å². The molecule has 16 heavy (non-hydrogen) atoms. The lowest BCUT2D eigenvalue weighted by Gasteiger charge is -2.10. The Hall–Kier alpha value is -1.96. The highest BCUT2D eigenvalue weighted by atomic mass is 14.9. The maximum absolute atomic E-state index is 5.74. The monoisotopic (exact) mass is 212 g/mol. The summed E-state index contributed by atoms with van der Waals surface area (Å²) in [6, 6.07) is 14.1. The van der Waals surface area contributed by atoms with Gasteiger partial charge >= 0.3 is 0 Å². The Morgan fingerprint density at radius 3 is 2.56 bits per heavy atom. The molecule has 2 aromatic carbocycles. The molecule has 0 saturated carbocycles. The van der Waals surface area contributed by atoms with Crippen molar-refractivity contribution >= 4 is 17.1 Å². The summed E-state index contributed by atoms with van der Waals surface area (Å²) < 4.78 is 0. The van der Waals surface area contributed by atoms with E-state index in [1.54, 1.807) is 0 Å². The molecule has 0 heterocycles. The average Bonchev–Trinajstić information content (AvgIpc) is 2.24. The topological polar surface area (TPSA) is 38.0 Å². The van der Waals surface area contributed by atoms with Gasteiger partial charge in [0.1, 0.15) is 0 Å². The van der Waals surface area contributed by atoms with Crippen molar-refractivity contribution < 1.29 is 0 Å². The van der Waals surface area contributed by atoms with Gasteiger partial charge in [-0.15, -0.1) is 0 Å². The van der Waals surface area contributed by atoms with Gasteiger partial charge in [-0.05, 0) is 49.2 Å². The van der Waals surface area contributed by atoms with E-state index in [0.29, 0.717) is 0 Å². The van der Waals surface area contributed by atoms with Crippen LogP contribution in [-0.2, 0) is 0 Å². The maximum Gasteiger partial charge on any atom is 0.0416 e. The van der Waals surface area contributed by atoms with Crippen molar-refractivity contribution in [1.82, 2.24) is 0 Å². The van der Waals surface area contributed by atoms with Crippen molar-refractivity contribution in [3.8, 4) is 0 Å². The minimum atomic E-state index is 0.773. The molecule has 0 radical (unpaired) electrons. The predicted octanol–water partition coefficient (Wildman–Crippen LogP) is 3.63. The third kappa shape index (κ3) is 2.34. The zero-order valence-corrected chi connectivity index (χ0v) is 9.62. The first kappa shape index (κ1) is 10.6. The molecule has 82 valence electrons. The summed E-state index contributed by atoms with van der Waals surface area (Å²) in [4.78, 5) is 0. The molecule has 2 nitrogen and oxygen atoms in total. The number of nitrogens with one attached hydrogen (secondary N) is 1. The van der Waals surface area contributed by atoms with E-state index in [0.717, 1.165) is 17.1 Å². The molecule has 0 aliphatic rings. The van der Waals surface area contributed by atoms with Crippen LogP contribution in [0.25, 0.3) is 0 Å². The van der Waals surface area contributed by atoms with Gasteiger partial charge in [0.05, 0.1) is 0 Å². The summed E-state index contributed by atoms with van der Waals surface area (Å²) in [5, 5.41) is 3.37. The zero-order valence-electron chi connectivity index (χ0n) is 9.62. The first-order chi connectivity index (χ1) is 7.65. The lowest BCUT2D eigenvalue weighted by atomic mass is 10.1. The molecule has 0 fully saturated rings. The second-order valence-corrected chi connectivity index (χ2v) is 4.07. The van der Waals surface area contributed by atoms with Crippen molar-refractivity contribution in [2.45, 2.75) is 13.8 Å². The highest BCUT2D eigenvalue weighted by molar-refractivity contribution is 5.66. The number of hydrogen-bond donors (Lipinski definition) is 2. The molecule has 2 aromatic rings. The number of nitrogen functional groups attached to an aromatic ring is 1. The molecular weight excluding hydrogens is 196 g/mol. The predicted molar refractivity (Wildman–Crippen MR) is 70.1 cm³/mol. The van der Waals surface area contributed by atoms with E-state index in [9.17, 15) is 0 Å². The Morgan fingerprint density at radius 1 is 1.00 bits per heavy atom. The van der Waals surface area contributed by atoms with Gasteiger partial charge in [-0.2, -0.15) is 0 Å². The van der Waals surface area contributed by atoms with E-state index in [2.05, 4.69) is 37.4 Å². The fraction of sp³-hybridized carbons (Fsp3) is 0.143. The van der Waals surface area contributed by atoms with Gasteiger partial charge in [-0.1, -0.05) is 18.2 Å². The van der Waals surface area contributed by atoms with E-state index >= 15 is 0 Å². The molecule has 0 aliphatic carbocycles. The Morgan fingerprint density at radius 2 is 1.81 bits per heavy atom. The number of anilines is 3. The van der Waals surface area contributed by atoms with E-state index in [-0.39, 0.29) is 0 Å². The second kappa shape index (κ2) is 4.27. The van der Waals surface area contributed by atoms with Crippen LogP contribution in [0.1, 0.15) is 11.1 Å². The van der Waals surface area contributed by atoms with Gasteiger partial charge in [0, 0.05) is 17.1 Å². The van der Waals surface area contributed by atoms with Crippen molar-refractivity contribution in [2.75, 3.05) is 11.1 Å². The van der Waals surface area contributed by atoms with Crippen LogP contribution in [0.2, 0.25) is 0 Å². The molecule has 0 aliphatic heterocycles. The number of nitrogens with two attached hydrogens (primary N) is 1. The lowest BCUT2D eigenvalue weighted by Crippen LogP contribution is -1.94. The standard InChI is InChI=1S/C14H16N2/c1-10-6-7-11(2)14(8-10)16-13-5-3-4-12(15)9-13/h3-9,16H,15H2,1-2H3. The smallest absolute Gasteiger partial charge is 0.0416 e. The molecule has 0 bridgehead atoms. The Labute approximate surface area is 96.1 Å². The maximum atomic E-state index is 5.74. The lowest BCUT2D eigenvalue weighted by molar-refractivity contribution is 1.38. The third-order valence-electron chi connectivity index (χ3n) is 2.56. The van der Waals surface area contributed by atoms with Crippen LogP contribution >= 0.6 is 0 Å². The van der Waals surface area contributed by atoms with Gasteiger partial charge in [0.2, 0.25) is 0 Å². The molecule has 2 heteroatoms. The van der Waals surface area contributed by atoms with E-state index in [1.165, 1.54) is 11.1 Å². The first-order valence-electron chi connectivity index (χ1n) is 5.35. The molecule has 2 rings (SSSR count). The third-order valence-corrected chi connectivity index (χ3v) is 2.56. The quantitative estimate of drug-likeness (QED) is 0.746. The number of benzene rings is 2. The molecule has 0 amide bonds. The van der Waals surface area contributed by atoms with E-state index in [1.807, 2.05) is 24.3 Å². The van der Waals surface area contributed by atoms with Crippen LogP contribution in [0, 0.1) is 13.8 Å². The van der Waals surface area contributed by atoms with Gasteiger partial charge in [-0.25, -0.2) is 0 Å². The zero-order chi connectivity index (χ0) is 11.5. The summed E-state index contributed by atoms with van der Waals surface area (Å²) in [6.07, 6.45) is 0. The summed E-state index contributed by atoms with van der Waals surface area (Å²) in [7, 11) is 0. The summed E-state index contributed by atoms with van der Waals surface area (Å²) in [6.45, 7) is 4.18. The molecular formula is C14H16N2. The fourth-order valence-electron chi connectivity index (χ4n) is 1.64. The molecule has 0 unspecified atom stereocenters. The van der Waals surface area contributed by atoms with Crippen molar-refractivity contribution in [2.24, 2.45) is 0 Å². The fourth-order valence-corrected chi connectivity index (χ4v) is 1.64. The van der Waals surface area contributed by atoms with Crippen LogP contribution in [0.3, 0.4) is 0 Å². The first-order valence-corrected chi connectivity index (χ1v) is 5.35. The highest BCUT2D eigenvalue weighted by Gasteiger charge is 1.99. The average molecular weight is 212 g/mol. The minimum absolute atomic E-state index is 0.773. The van der Waals surface area contributed by atoms with Crippen LogP contribution < -0.4 is 11.1 Å². The van der Waals surface area contributed by atoms with Gasteiger partial charge < -0.3 is 11.1 Å². The molecule has 0 atom stereocenters. The van der Waals surface area contributed by atoms with Gasteiger partial charge in [-0.3, -0.25) is 0 Å². The van der Waals surface area contributed by atoms with Crippen LogP contribution in [0.4, 0.5) is 17.1 Å². The SMILES string of the molecule is Cc1ccc(C)c(Nc2cccc(N)c2)c1. The molecule has 0 saturated heterocycles. The molecule has 0 spiro atoms.